The molecule has 0 fully saturated rings. The molecule has 1 aromatic carbocycles. The van der Waals surface area contributed by atoms with E-state index in [0.29, 0.717) is 6.54 Å². The van der Waals surface area contributed by atoms with Gasteiger partial charge < -0.3 is 5.32 Å². The van der Waals surface area contributed by atoms with Crippen LogP contribution in [0.5, 0.6) is 0 Å². The summed E-state index contributed by atoms with van der Waals surface area (Å²) < 4.78 is 14.0. The van der Waals surface area contributed by atoms with Gasteiger partial charge >= 0.3 is 0 Å². The summed E-state index contributed by atoms with van der Waals surface area (Å²) in [5.74, 6) is 0. The van der Waals surface area contributed by atoms with Crippen LogP contribution in [0.15, 0.2) is 24.3 Å². The highest BCUT2D eigenvalue weighted by Gasteiger charge is 2.24. The van der Waals surface area contributed by atoms with Crippen molar-refractivity contribution in [3.05, 3.63) is 35.4 Å². The van der Waals surface area contributed by atoms with Crippen molar-refractivity contribution in [1.82, 2.24) is 5.32 Å². The predicted molar refractivity (Wildman–Crippen MR) is 58.2 cm³/mol. The smallest absolute Gasteiger partial charge is 0.145 e. The number of hydrogen-bond donors (Lipinski definition) is 1. The second kappa shape index (κ2) is 4.56. The number of rotatable bonds is 4. The standard InChI is InChI=1S/C12H18FN/c1-4-10-5-7-11(8-6-10)12(2,13)9-14-3/h5-8,14H,4,9H2,1-3H3. The van der Waals surface area contributed by atoms with E-state index in [1.54, 1.807) is 14.0 Å². The van der Waals surface area contributed by atoms with Gasteiger partial charge in [0.2, 0.25) is 0 Å². The first kappa shape index (κ1) is 11.2. The van der Waals surface area contributed by atoms with Gasteiger partial charge in [0.25, 0.3) is 0 Å². The average Bonchev–Trinajstić information content (AvgIpc) is 2.18. The second-order valence-corrected chi connectivity index (χ2v) is 3.78. The van der Waals surface area contributed by atoms with Crippen LogP contribution in [0, 0.1) is 0 Å². The van der Waals surface area contributed by atoms with Gasteiger partial charge in [0.05, 0.1) is 0 Å². The SMILES string of the molecule is CCc1ccc(C(C)(F)CNC)cc1. The van der Waals surface area contributed by atoms with Crippen molar-refractivity contribution in [1.29, 1.82) is 0 Å². The maximum Gasteiger partial charge on any atom is 0.145 e. The van der Waals surface area contributed by atoms with Gasteiger partial charge in [-0.05, 0) is 31.5 Å². The lowest BCUT2D eigenvalue weighted by molar-refractivity contribution is 0.191. The minimum absolute atomic E-state index is 0.346. The van der Waals surface area contributed by atoms with Gasteiger partial charge in [0, 0.05) is 6.54 Å². The Labute approximate surface area is 85.3 Å². The molecule has 1 rings (SSSR count). The fraction of sp³-hybridized carbons (Fsp3) is 0.500. The van der Waals surface area contributed by atoms with Gasteiger partial charge in [-0.3, -0.25) is 0 Å². The number of likely N-dealkylation sites (N-methyl/N-ethyl adjacent to an activating group) is 1. The number of hydrogen-bond acceptors (Lipinski definition) is 1. The van der Waals surface area contributed by atoms with Crippen molar-refractivity contribution in [2.24, 2.45) is 0 Å². The Bertz CT molecular complexity index is 277. The molecule has 0 heterocycles. The van der Waals surface area contributed by atoms with Crippen molar-refractivity contribution in [3.63, 3.8) is 0 Å². The molecule has 0 bridgehead atoms. The summed E-state index contributed by atoms with van der Waals surface area (Å²) in [5, 5.41) is 2.86. The van der Waals surface area contributed by atoms with E-state index >= 15 is 0 Å². The molecule has 1 atom stereocenters. The highest BCUT2D eigenvalue weighted by Crippen LogP contribution is 2.24. The van der Waals surface area contributed by atoms with Crippen molar-refractivity contribution < 1.29 is 4.39 Å². The zero-order chi connectivity index (χ0) is 10.6. The summed E-state index contributed by atoms with van der Waals surface area (Å²) in [5.41, 5.74) is 0.708. The van der Waals surface area contributed by atoms with Crippen LogP contribution >= 0.6 is 0 Å². The number of nitrogens with one attached hydrogen (secondary N) is 1. The van der Waals surface area contributed by atoms with Crippen LogP contribution in [0.3, 0.4) is 0 Å². The molecule has 78 valence electrons. The molecule has 0 amide bonds. The molecule has 0 aliphatic carbocycles. The third-order valence-electron chi connectivity index (χ3n) is 2.47. The molecule has 0 radical (unpaired) electrons. The van der Waals surface area contributed by atoms with Crippen molar-refractivity contribution in [2.75, 3.05) is 13.6 Å². The van der Waals surface area contributed by atoms with Crippen LogP contribution in [-0.2, 0) is 12.1 Å². The molecule has 0 aliphatic heterocycles. The number of halogens is 1. The maximum absolute atomic E-state index is 14.0. The summed E-state index contributed by atoms with van der Waals surface area (Å²) in [6.07, 6.45) is 0.995. The average molecular weight is 195 g/mol. The number of alkyl halides is 1. The lowest BCUT2D eigenvalue weighted by atomic mass is 9.96. The molecule has 0 aromatic heterocycles. The zero-order valence-electron chi connectivity index (χ0n) is 9.10. The number of aryl methyl sites for hydroxylation is 1. The van der Waals surface area contributed by atoms with Gasteiger partial charge in [-0.25, -0.2) is 4.39 Å². The maximum atomic E-state index is 14.0. The van der Waals surface area contributed by atoms with E-state index in [-0.39, 0.29) is 0 Å². The summed E-state index contributed by atoms with van der Waals surface area (Å²) >= 11 is 0. The minimum atomic E-state index is -1.28. The lowest BCUT2D eigenvalue weighted by Gasteiger charge is -2.20. The van der Waals surface area contributed by atoms with Crippen LogP contribution in [0.2, 0.25) is 0 Å². The van der Waals surface area contributed by atoms with E-state index in [4.69, 9.17) is 0 Å². The van der Waals surface area contributed by atoms with E-state index in [2.05, 4.69) is 12.2 Å². The fourth-order valence-electron chi connectivity index (χ4n) is 1.52. The molecular weight excluding hydrogens is 177 g/mol. The number of benzene rings is 1. The Morgan fingerprint density at radius 3 is 2.29 bits per heavy atom. The van der Waals surface area contributed by atoms with E-state index in [1.165, 1.54) is 5.56 Å². The van der Waals surface area contributed by atoms with Crippen LogP contribution < -0.4 is 5.32 Å². The van der Waals surface area contributed by atoms with Crippen LogP contribution in [-0.4, -0.2) is 13.6 Å². The van der Waals surface area contributed by atoms with Gasteiger partial charge in [0.15, 0.2) is 0 Å². The van der Waals surface area contributed by atoms with Gasteiger partial charge in [-0.2, -0.15) is 0 Å². The first-order valence-corrected chi connectivity index (χ1v) is 5.03. The third-order valence-corrected chi connectivity index (χ3v) is 2.47. The topological polar surface area (TPSA) is 12.0 Å². The van der Waals surface area contributed by atoms with Crippen molar-refractivity contribution >= 4 is 0 Å². The highest BCUT2D eigenvalue weighted by molar-refractivity contribution is 5.27. The first-order chi connectivity index (χ1) is 6.60. The summed E-state index contributed by atoms with van der Waals surface area (Å²) in [7, 11) is 1.76. The molecule has 1 N–H and O–H groups in total. The van der Waals surface area contributed by atoms with Gasteiger partial charge in [-0.15, -0.1) is 0 Å². The Hall–Kier alpha value is -0.890. The molecule has 0 saturated carbocycles. The zero-order valence-corrected chi connectivity index (χ0v) is 9.10. The molecular formula is C12H18FN. The Morgan fingerprint density at radius 2 is 1.86 bits per heavy atom. The van der Waals surface area contributed by atoms with Crippen LogP contribution in [0.4, 0.5) is 4.39 Å². The van der Waals surface area contributed by atoms with Crippen LogP contribution in [0.1, 0.15) is 25.0 Å². The largest absolute Gasteiger partial charge is 0.316 e. The van der Waals surface area contributed by atoms with Gasteiger partial charge in [0.1, 0.15) is 5.67 Å². The molecule has 0 aliphatic rings. The molecule has 2 heteroatoms. The Kier molecular flexibility index (Phi) is 3.64. The first-order valence-electron chi connectivity index (χ1n) is 5.03. The normalized spacial score (nSPS) is 15.1. The summed E-state index contributed by atoms with van der Waals surface area (Å²) in [6, 6.07) is 7.72. The monoisotopic (exact) mass is 195 g/mol. The fourth-order valence-corrected chi connectivity index (χ4v) is 1.52. The molecule has 1 nitrogen and oxygen atoms in total. The highest BCUT2D eigenvalue weighted by atomic mass is 19.1. The van der Waals surface area contributed by atoms with Crippen molar-refractivity contribution in [2.45, 2.75) is 25.9 Å². The minimum Gasteiger partial charge on any atom is -0.316 e. The molecule has 1 unspecified atom stereocenters. The Balaban J connectivity index is 2.85. The predicted octanol–water partition coefficient (Wildman–Crippen LogP) is 2.65. The molecule has 1 aromatic rings. The second-order valence-electron chi connectivity index (χ2n) is 3.78. The summed E-state index contributed by atoms with van der Waals surface area (Å²) in [4.78, 5) is 0. The summed E-state index contributed by atoms with van der Waals surface area (Å²) in [6.45, 7) is 4.04. The lowest BCUT2D eigenvalue weighted by Crippen LogP contribution is -2.29. The van der Waals surface area contributed by atoms with E-state index < -0.39 is 5.67 Å². The van der Waals surface area contributed by atoms with E-state index in [0.717, 1.165) is 12.0 Å². The molecule has 14 heavy (non-hydrogen) atoms. The molecule has 0 spiro atoms. The van der Waals surface area contributed by atoms with Gasteiger partial charge in [-0.1, -0.05) is 31.2 Å². The van der Waals surface area contributed by atoms with Crippen LogP contribution in [0.25, 0.3) is 0 Å². The van der Waals surface area contributed by atoms with E-state index in [1.807, 2.05) is 24.3 Å². The third kappa shape index (κ3) is 2.55. The molecule has 0 saturated heterocycles. The van der Waals surface area contributed by atoms with Crippen molar-refractivity contribution in [3.8, 4) is 0 Å². The quantitative estimate of drug-likeness (QED) is 0.778. The Morgan fingerprint density at radius 1 is 1.29 bits per heavy atom. The van der Waals surface area contributed by atoms with E-state index in [9.17, 15) is 4.39 Å².